The van der Waals surface area contributed by atoms with E-state index in [2.05, 4.69) is 0 Å². The monoisotopic (exact) mass is 304 g/mol. The van der Waals surface area contributed by atoms with Crippen LogP contribution in [0.3, 0.4) is 0 Å². The maximum atomic E-state index is 10.2. The zero-order valence-electron chi connectivity index (χ0n) is 14.1. The Labute approximate surface area is 129 Å². The Hall–Kier alpha value is -3.15. The fourth-order valence-corrected chi connectivity index (χ4v) is 2.14. The van der Waals surface area contributed by atoms with Crippen molar-refractivity contribution in [2.75, 3.05) is 7.04 Å². The molecule has 0 saturated heterocycles. The second-order valence-corrected chi connectivity index (χ2v) is 4.62. The summed E-state index contributed by atoms with van der Waals surface area (Å²) in [5, 5.41) is 39.4. The van der Waals surface area contributed by atoms with Crippen LogP contribution in [-0.4, -0.2) is 27.5 Å². The minimum atomic E-state index is -2.77. The van der Waals surface area contributed by atoms with Gasteiger partial charge in [-0.3, -0.25) is 0 Å². The molecule has 3 aromatic rings. The van der Waals surface area contributed by atoms with Crippen LogP contribution in [0.15, 0.2) is 40.8 Å². The first kappa shape index (κ1) is 10.6. The van der Waals surface area contributed by atoms with Crippen LogP contribution < -0.4 is 4.74 Å². The number of benzene rings is 2. The van der Waals surface area contributed by atoms with Gasteiger partial charge in [-0.1, -0.05) is 0 Å². The molecule has 1 heterocycles. The average molecular weight is 304 g/mol. The van der Waals surface area contributed by atoms with Crippen LogP contribution in [-0.2, 0) is 0 Å². The second kappa shape index (κ2) is 5.00. The fraction of sp³-hybridized carbons (Fsp3) is 0.0625. The van der Waals surface area contributed by atoms with Crippen molar-refractivity contribution < 1.29 is 33.7 Å². The Kier molecular flexibility index (Phi) is 2.40. The van der Waals surface area contributed by atoms with E-state index in [1.807, 2.05) is 0 Å². The van der Waals surface area contributed by atoms with Gasteiger partial charge in [0.05, 0.1) is 22.8 Å². The molecule has 22 heavy (non-hydrogen) atoms. The SMILES string of the molecule is [2H]C([2H])([2H])Oc1cc(-c2[o+]c3cc(O)cc(O)c3cc2O)ccc1O. The lowest BCUT2D eigenvalue weighted by Gasteiger charge is -2.04. The van der Waals surface area contributed by atoms with Crippen molar-refractivity contribution in [3.63, 3.8) is 0 Å². The number of fused-ring (bicyclic) bond motifs is 1. The van der Waals surface area contributed by atoms with Gasteiger partial charge in [-0.05, 0) is 12.1 Å². The highest BCUT2D eigenvalue weighted by molar-refractivity contribution is 5.88. The van der Waals surface area contributed by atoms with Crippen LogP contribution in [0.1, 0.15) is 4.11 Å². The number of ether oxygens (including phenoxy) is 1. The van der Waals surface area contributed by atoms with Crippen LogP contribution in [0.2, 0.25) is 0 Å². The van der Waals surface area contributed by atoms with Gasteiger partial charge in [0.2, 0.25) is 5.75 Å². The maximum Gasteiger partial charge on any atom is 0.402 e. The molecule has 0 saturated carbocycles. The summed E-state index contributed by atoms with van der Waals surface area (Å²) in [4.78, 5) is 0. The van der Waals surface area contributed by atoms with Gasteiger partial charge in [0.25, 0.3) is 0 Å². The highest BCUT2D eigenvalue weighted by Gasteiger charge is 2.24. The summed E-state index contributed by atoms with van der Waals surface area (Å²) in [5.41, 5.74) is 0.316. The largest absolute Gasteiger partial charge is 0.507 e. The number of phenols is 3. The van der Waals surface area contributed by atoms with Gasteiger partial charge in [-0.2, -0.15) is 0 Å². The van der Waals surface area contributed by atoms with Gasteiger partial charge in [-0.15, -0.1) is 0 Å². The summed E-state index contributed by atoms with van der Waals surface area (Å²) in [7, 11) is -2.77. The number of rotatable bonds is 2. The third-order valence-electron chi connectivity index (χ3n) is 3.16. The highest BCUT2D eigenvalue weighted by atomic mass is 16.5. The van der Waals surface area contributed by atoms with Crippen LogP contribution in [0, 0.1) is 0 Å². The van der Waals surface area contributed by atoms with Crippen LogP contribution >= 0.6 is 0 Å². The summed E-state index contributed by atoms with van der Waals surface area (Å²) in [6.07, 6.45) is 0. The van der Waals surface area contributed by atoms with Crippen molar-refractivity contribution in [1.82, 2.24) is 0 Å². The van der Waals surface area contributed by atoms with Crippen molar-refractivity contribution in [2.45, 2.75) is 0 Å². The Bertz CT molecular complexity index is 968. The van der Waals surface area contributed by atoms with Crippen LogP contribution in [0.4, 0.5) is 0 Å². The van der Waals surface area contributed by atoms with Gasteiger partial charge < -0.3 is 25.2 Å². The summed E-state index contributed by atoms with van der Waals surface area (Å²) in [6, 6.07) is 7.34. The normalized spacial score (nSPS) is 13.4. The van der Waals surface area contributed by atoms with Gasteiger partial charge in [0.1, 0.15) is 16.9 Å². The molecule has 0 bridgehead atoms. The van der Waals surface area contributed by atoms with E-state index in [1.54, 1.807) is 0 Å². The van der Waals surface area contributed by atoms with E-state index in [-0.39, 0.29) is 45.3 Å². The fourth-order valence-electron chi connectivity index (χ4n) is 2.14. The first-order chi connectivity index (χ1) is 11.6. The van der Waals surface area contributed by atoms with Crippen molar-refractivity contribution >= 4 is 11.0 Å². The smallest absolute Gasteiger partial charge is 0.402 e. The molecule has 0 fully saturated rings. The molecule has 6 heteroatoms. The minimum absolute atomic E-state index is 0.0621. The lowest BCUT2D eigenvalue weighted by Crippen LogP contribution is -1.86. The molecule has 0 unspecified atom stereocenters. The predicted molar refractivity (Wildman–Crippen MR) is 79.3 cm³/mol. The van der Waals surface area contributed by atoms with Gasteiger partial charge in [-0.25, -0.2) is 4.42 Å². The van der Waals surface area contributed by atoms with Gasteiger partial charge in [0.15, 0.2) is 11.5 Å². The number of methoxy groups -OCH3 is 1. The molecule has 1 aromatic heterocycles. The molecule has 2 aromatic carbocycles. The van der Waals surface area contributed by atoms with E-state index in [0.29, 0.717) is 0 Å². The Morgan fingerprint density at radius 1 is 0.955 bits per heavy atom. The molecule has 0 aliphatic heterocycles. The quantitative estimate of drug-likeness (QED) is 0.542. The molecule has 0 amide bonds. The van der Waals surface area contributed by atoms with Crippen LogP contribution in [0.25, 0.3) is 22.3 Å². The Morgan fingerprint density at radius 3 is 2.55 bits per heavy atom. The molecule has 112 valence electrons. The van der Waals surface area contributed by atoms with Crippen molar-refractivity contribution in [2.24, 2.45) is 0 Å². The zero-order chi connectivity index (χ0) is 18.4. The highest BCUT2D eigenvalue weighted by Crippen LogP contribution is 2.40. The average Bonchev–Trinajstić information content (AvgIpc) is 2.48. The van der Waals surface area contributed by atoms with E-state index < -0.39 is 12.8 Å². The number of hydrogen-bond acceptors (Lipinski definition) is 5. The summed E-state index contributed by atoms with van der Waals surface area (Å²) in [6.45, 7) is 0. The lowest BCUT2D eigenvalue weighted by molar-refractivity contribution is 0.373. The van der Waals surface area contributed by atoms with Gasteiger partial charge in [0, 0.05) is 18.2 Å². The van der Waals surface area contributed by atoms with Crippen molar-refractivity contribution in [1.29, 1.82) is 0 Å². The molecule has 0 aliphatic carbocycles. The third-order valence-corrected chi connectivity index (χ3v) is 3.16. The molecule has 0 spiro atoms. The van der Waals surface area contributed by atoms with Gasteiger partial charge >= 0.3 is 11.3 Å². The van der Waals surface area contributed by atoms with E-state index >= 15 is 0 Å². The second-order valence-electron chi connectivity index (χ2n) is 4.62. The first-order valence-corrected chi connectivity index (χ1v) is 6.18. The Morgan fingerprint density at radius 2 is 1.77 bits per heavy atom. The number of aromatic hydroxyl groups is 4. The molecular weight excluding hydrogens is 288 g/mol. The molecular formula is C16H13O6+. The van der Waals surface area contributed by atoms with E-state index in [4.69, 9.17) is 13.3 Å². The van der Waals surface area contributed by atoms with E-state index in [1.165, 1.54) is 30.3 Å². The molecule has 0 aliphatic rings. The summed E-state index contributed by atoms with van der Waals surface area (Å²) < 4.78 is 31.6. The number of hydrogen-bond donors (Lipinski definition) is 4. The zero-order valence-corrected chi connectivity index (χ0v) is 11.1. The van der Waals surface area contributed by atoms with Crippen LogP contribution in [0.5, 0.6) is 28.7 Å². The summed E-state index contributed by atoms with van der Waals surface area (Å²) >= 11 is 0. The van der Waals surface area contributed by atoms with Crippen molar-refractivity contribution in [3.05, 3.63) is 36.4 Å². The topological polar surface area (TPSA) is 101 Å². The maximum absolute atomic E-state index is 10.2. The lowest BCUT2D eigenvalue weighted by atomic mass is 10.1. The minimum Gasteiger partial charge on any atom is -0.507 e. The first-order valence-electron chi connectivity index (χ1n) is 7.68. The molecule has 0 atom stereocenters. The number of phenolic OH excluding ortho intramolecular Hbond substituents is 3. The van der Waals surface area contributed by atoms with E-state index in [0.717, 1.165) is 6.07 Å². The van der Waals surface area contributed by atoms with Crippen molar-refractivity contribution in [3.8, 4) is 40.1 Å². The molecule has 3 rings (SSSR count). The Balaban J connectivity index is 2.16. The molecule has 4 N–H and O–H groups in total. The molecule has 0 radical (unpaired) electrons. The third kappa shape index (κ3) is 2.20. The summed E-state index contributed by atoms with van der Waals surface area (Å²) in [5.74, 6) is -1.62. The molecule has 6 nitrogen and oxygen atoms in total. The predicted octanol–water partition coefficient (Wildman–Crippen LogP) is 3.21. The van der Waals surface area contributed by atoms with E-state index in [9.17, 15) is 20.4 Å². The standard InChI is InChI=1S/C16H12O6/c1-21-15-4-8(2-3-11(15)18)16-13(20)7-10-12(19)5-9(17)6-14(10)22-16/h2-7H,1H3,(H3-,17,18,19,20)/p+1/i1D3.